The average Bonchev–Trinajstić information content (AvgIpc) is 2.78. The van der Waals surface area contributed by atoms with Crippen LogP contribution in [0.2, 0.25) is 0 Å². The first kappa shape index (κ1) is 19.5. The highest BCUT2D eigenvalue weighted by Crippen LogP contribution is 2.31. The molecule has 2 aromatic rings. The maximum atomic E-state index is 12.0. The number of carbonyl (C=O) groups is 1. The molecule has 0 atom stereocenters. The number of hydrogen-bond donors (Lipinski definition) is 1. The number of hydrogen-bond acceptors (Lipinski definition) is 3. The molecule has 1 aromatic heterocycles. The van der Waals surface area contributed by atoms with Crippen molar-refractivity contribution in [1.29, 1.82) is 0 Å². The Morgan fingerprint density at radius 2 is 1.96 bits per heavy atom. The number of halogens is 4. The maximum absolute atomic E-state index is 12.0. The molecule has 0 aliphatic heterocycles. The Labute approximate surface area is 151 Å². The molecule has 0 bridgehead atoms. The molecule has 0 aliphatic carbocycles. The molecule has 1 N–H and O–H groups in total. The molecule has 9 heteroatoms. The zero-order chi connectivity index (χ0) is 18.6. The number of aryl methyl sites for hydroxylation is 2. The SMILES string of the molecule is Cc1nn(C)c(NC(=O)CCOCC(F)(F)F)c1-c1ccc(Br)cc1. The molecule has 0 unspecified atom stereocenters. The summed E-state index contributed by atoms with van der Waals surface area (Å²) in [5.74, 6) is 0.0455. The van der Waals surface area contributed by atoms with Crippen LogP contribution >= 0.6 is 15.9 Å². The van der Waals surface area contributed by atoms with Gasteiger partial charge in [-0.1, -0.05) is 28.1 Å². The van der Waals surface area contributed by atoms with Crippen molar-refractivity contribution in [1.82, 2.24) is 9.78 Å². The Kier molecular flexibility index (Phi) is 6.23. The quantitative estimate of drug-likeness (QED) is 0.718. The summed E-state index contributed by atoms with van der Waals surface area (Å²) in [6.45, 7) is 0.143. The third-order valence-corrected chi connectivity index (χ3v) is 3.88. The first-order valence-electron chi connectivity index (χ1n) is 7.41. The number of nitrogens with one attached hydrogen (secondary N) is 1. The lowest BCUT2D eigenvalue weighted by Gasteiger charge is -2.10. The van der Waals surface area contributed by atoms with Crippen LogP contribution < -0.4 is 5.32 Å². The van der Waals surface area contributed by atoms with Gasteiger partial charge in [-0.05, 0) is 24.6 Å². The molecule has 0 saturated heterocycles. The molecule has 1 aromatic carbocycles. The van der Waals surface area contributed by atoms with Gasteiger partial charge in [-0.3, -0.25) is 9.48 Å². The van der Waals surface area contributed by atoms with Gasteiger partial charge in [0.1, 0.15) is 12.4 Å². The molecule has 0 saturated carbocycles. The van der Waals surface area contributed by atoms with Gasteiger partial charge >= 0.3 is 6.18 Å². The van der Waals surface area contributed by atoms with E-state index in [4.69, 9.17) is 0 Å². The van der Waals surface area contributed by atoms with Crippen molar-refractivity contribution in [3.63, 3.8) is 0 Å². The molecule has 0 aliphatic rings. The minimum atomic E-state index is -4.40. The van der Waals surface area contributed by atoms with E-state index < -0.39 is 18.7 Å². The van der Waals surface area contributed by atoms with Crippen molar-refractivity contribution in [2.75, 3.05) is 18.5 Å². The molecule has 0 fully saturated rings. The number of carbonyl (C=O) groups excluding carboxylic acids is 1. The first-order valence-corrected chi connectivity index (χ1v) is 8.20. The molecule has 1 amide bonds. The van der Waals surface area contributed by atoms with Crippen molar-refractivity contribution in [3.8, 4) is 11.1 Å². The Hall–Kier alpha value is -1.87. The zero-order valence-electron chi connectivity index (χ0n) is 13.7. The first-order chi connectivity index (χ1) is 11.7. The van der Waals surface area contributed by atoms with Crippen LogP contribution in [0.1, 0.15) is 12.1 Å². The van der Waals surface area contributed by atoms with E-state index in [2.05, 4.69) is 31.1 Å². The number of amides is 1. The number of nitrogens with zero attached hydrogens (tertiary/aromatic N) is 2. The largest absolute Gasteiger partial charge is 0.411 e. The Bertz CT molecular complexity index is 742. The fourth-order valence-electron chi connectivity index (χ4n) is 2.31. The molecule has 136 valence electrons. The monoisotopic (exact) mass is 419 g/mol. The Morgan fingerprint density at radius 3 is 2.56 bits per heavy atom. The third-order valence-electron chi connectivity index (χ3n) is 3.35. The van der Waals surface area contributed by atoms with E-state index in [9.17, 15) is 18.0 Å². The highest BCUT2D eigenvalue weighted by atomic mass is 79.9. The van der Waals surface area contributed by atoms with Gasteiger partial charge in [-0.15, -0.1) is 0 Å². The summed E-state index contributed by atoms with van der Waals surface area (Å²) in [4.78, 5) is 12.0. The van der Waals surface area contributed by atoms with E-state index in [-0.39, 0.29) is 13.0 Å². The standard InChI is InChI=1S/C16H17BrF3N3O2/c1-10-14(11-3-5-12(17)6-4-11)15(23(2)22-10)21-13(24)7-8-25-9-16(18,19)20/h3-6H,7-9H2,1-2H3,(H,21,24). The summed E-state index contributed by atoms with van der Waals surface area (Å²) in [7, 11) is 1.69. The number of aromatic nitrogens is 2. The number of anilines is 1. The van der Waals surface area contributed by atoms with Gasteiger partial charge in [0.15, 0.2) is 0 Å². The summed E-state index contributed by atoms with van der Waals surface area (Å²) in [5, 5.41) is 7.00. The lowest BCUT2D eigenvalue weighted by Crippen LogP contribution is -2.21. The summed E-state index contributed by atoms with van der Waals surface area (Å²) in [6.07, 6.45) is -4.58. The fourth-order valence-corrected chi connectivity index (χ4v) is 2.58. The number of ether oxygens (including phenoxy) is 1. The van der Waals surface area contributed by atoms with Gasteiger partial charge in [0, 0.05) is 17.1 Å². The molecule has 5 nitrogen and oxygen atoms in total. The number of benzene rings is 1. The second kappa shape index (κ2) is 8.01. The molecule has 0 spiro atoms. The van der Waals surface area contributed by atoms with Gasteiger partial charge in [-0.2, -0.15) is 18.3 Å². The van der Waals surface area contributed by atoms with Crippen LogP contribution in [0.25, 0.3) is 11.1 Å². The van der Waals surface area contributed by atoms with Crippen LogP contribution in [-0.2, 0) is 16.6 Å². The molecule has 0 radical (unpaired) electrons. The van der Waals surface area contributed by atoms with Crippen LogP contribution in [0, 0.1) is 6.92 Å². The van der Waals surface area contributed by atoms with Crippen LogP contribution in [0.5, 0.6) is 0 Å². The molecule has 2 rings (SSSR count). The van der Waals surface area contributed by atoms with Gasteiger partial charge in [0.25, 0.3) is 0 Å². The van der Waals surface area contributed by atoms with E-state index in [0.717, 1.165) is 21.3 Å². The van der Waals surface area contributed by atoms with E-state index in [1.54, 1.807) is 7.05 Å². The van der Waals surface area contributed by atoms with Crippen LogP contribution in [-0.4, -0.2) is 35.1 Å². The average molecular weight is 420 g/mol. The highest BCUT2D eigenvalue weighted by Gasteiger charge is 2.27. The molecule has 25 heavy (non-hydrogen) atoms. The smallest absolute Gasteiger partial charge is 0.372 e. The van der Waals surface area contributed by atoms with Gasteiger partial charge in [-0.25, -0.2) is 0 Å². The lowest BCUT2D eigenvalue weighted by molar-refractivity contribution is -0.174. The minimum Gasteiger partial charge on any atom is -0.372 e. The van der Waals surface area contributed by atoms with Crippen molar-refractivity contribution < 1.29 is 22.7 Å². The summed E-state index contributed by atoms with van der Waals surface area (Å²) < 4.78 is 42.9. The predicted octanol–water partition coefficient (Wildman–Crippen LogP) is 4.07. The maximum Gasteiger partial charge on any atom is 0.411 e. The van der Waals surface area contributed by atoms with Crippen LogP contribution in [0.3, 0.4) is 0 Å². The second-order valence-corrected chi connectivity index (χ2v) is 6.32. The van der Waals surface area contributed by atoms with Gasteiger partial charge in [0.2, 0.25) is 5.91 Å². The molecular formula is C16H17BrF3N3O2. The van der Waals surface area contributed by atoms with Crippen molar-refractivity contribution in [2.24, 2.45) is 7.05 Å². The van der Waals surface area contributed by atoms with Crippen molar-refractivity contribution >= 4 is 27.7 Å². The summed E-state index contributed by atoms with van der Waals surface area (Å²) in [5.41, 5.74) is 2.37. The van der Waals surface area contributed by atoms with Crippen molar-refractivity contribution in [2.45, 2.75) is 19.5 Å². The van der Waals surface area contributed by atoms with E-state index in [0.29, 0.717) is 5.82 Å². The van der Waals surface area contributed by atoms with Crippen molar-refractivity contribution in [3.05, 3.63) is 34.4 Å². The van der Waals surface area contributed by atoms with E-state index in [1.807, 2.05) is 31.2 Å². The molecular weight excluding hydrogens is 403 g/mol. The summed E-state index contributed by atoms with van der Waals surface area (Å²) in [6, 6.07) is 7.52. The van der Waals surface area contributed by atoms with E-state index in [1.165, 1.54) is 4.68 Å². The minimum absolute atomic E-state index is 0.180. The normalized spacial score (nSPS) is 11.6. The van der Waals surface area contributed by atoms with E-state index >= 15 is 0 Å². The summed E-state index contributed by atoms with van der Waals surface area (Å²) >= 11 is 3.37. The van der Waals surface area contributed by atoms with Crippen LogP contribution in [0.4, 0.5) is 19.0 Å². The topological polar surface area (TPSA) is 56.2 Å². The second-order valence-electron chi connectivity index (χ2n) is 5.41. The zero-order valence-corrected chi connectivity index (χ0v) is 15.2. The van der Waals surface area contributed by atoms with Gasteiger partial charge < -0.3 is 10.1 Å². The Morgan fingerprint density at radius 1 is 1.32 bits per heavy atom. The molecule has 1 heterocycles. The van der Waals surface area contributed by atoms with Crippen LogP contribution in [0.15, 0.2) is 28.7 Å². The lowest BCUT2D eigenvalue weighted by atomic mass is 10.1. The number of alkyl halides is 3. The third kappa shape index (κ3) is 5.57. The van der Waals surface area contributed by atoms with Gasteiger partial charge in [0.05, 0.1) is 18.7 Å². The number of rotatable bonds is 6. The fraction of sp³-hybridized carbons (Fsp3) is 0.375. The Balaban J connectivity index is 2.07. The predicted molar refractivity (Wildman–Crippen MR) is 91.2 cm³/mol. The highest BCUT2D eigenvalue weighted by molar-refractivity contribution is 9.10.